The van der Waals surface area contributed by atoms with E-state index in [0.717, 1.165) is 6.42 Å². The molecule has 3 heterocycles. The number of amides is 3. The number of carbonyl (C=O) groups excluding carboxylic acids is 3. The summed E-state index contributed by atoms with van der Waals surface area (Å²) in [6.45, 7) is -0.115. The van der Waals surface area contributed by atoms with Crippen molar-refractivity contribution < 1.29 is 29.4 Å². The minimum atomic E-state index is -1.54. The van der Waals surface area contributed by atoms with Gasteiger partial charge in [-0.3, -0.25) is 14.4 Å². The van der Waals surface area contributed by atoms with Crippen molar-refractivity contribution >= 4 is 23.7 Å². The number of aromatic nitrogens is 4. The van der Waals surface area contributed by atoms with Crippen LogP contribution in [0.5, 0.6) is 0 Å². The summed E-state index contributed by atoms with van der Waals surface area (Å²) in [5.41, 5.74) is 1.11. The number of hydrogen-bond donors (Lipinski definition) is 8. The Labute approximate surface area is 194 Å². The molecule has 1 fully saturated rings. The van der Waals surface area contributed by atoms with E-state index in [2.05, 4.69) is 41.2 Å². The Hall–Kier alpha value is -3.78. The van der Waals surface area contributed by atoms with E-state index in [4.69, 9.17) is 5.11 Å². The van der Waals surface area contributed by atoms with Gasteiger partial charge in [0, 0.05) is 36.6 Å². The summed E-state index contributed by atoms with van der Waals surface area (Å²) in [6, 6.07) is -4.18. The zero-order chi connectivity index (χ0) is 24.5. The second-order valence-corrected chi connectivity index (χ2v) is 7.92. The maximum atomic E-state index is 13.2. The molecular weight excluding hydrogens is 448 g/mol. The van der Waals surface area contributed by atoms with Gasteiger partial charge in [-0.15, -0.1) is 0 Å². The highest BCUT2D eigenvalue weighted by Crippen LogP contribution is 2.08. The van der Waals surface area contributed by atoms with Crippen LogP contribution in [0.25, 0.3) is 0 Å². The molecule has 4 atom stereocenters. The zero-order valence-corrected chi connectivity index (χ0v) is 18.3. The first-order chi connectivity index (χ1) is 16.4. The van der Waals surface area contributed by atoms with Crippen molar-refractivity contribution in [2.75, 3.05) is 13.2 Å². The molecule has 0 radical (unpaired) electrons. The lowest BCUT2D eigenvalue weighted by atomic mass is 10.1. The highest BCUT2D eigenvalue weighted by molar-refractivity contribution is 5.94. The van der Waals surface area contributed by atoms with Crippen LogP contribution in [0, 0.1) is 0 Å². The van der Waals surface area contributed by atoms with Gasteiger partial charge in [-0.1, -0.05) is 0 Å². The third-order valence-corrected chi connectivity index (χ3v) is 5.40. The normalized spacial score (nSPS) is 18.0. The number of carbonyl (C=O) groups is 4. The molecule has 4 unspecified atom stereocenters. The summed E-state index contributed by atoms with van der Waals surface area (Å²) in [7, 11) is 0. The molecule has 8 N–H and O–H groups in total. The number of carboxylic acid groups (broad SMARTS) is 1. The number of carboxylic acids is 1. The fourth-order valence-electron chi connectivity index (χ4n) is 3.56. The number of aliphatic hydroxyl groups excluding tert-OH is 1. The molecule has 3 rings (SSSR count). The largest absolute Gasteiger partial charge is 0.480 e. The van der Waals surface area contributed by atoms with Crippen molar-refractivity contribution in [3.05, 3.63) is 36.4 Å². The zero-order valence-electron chi connectivity index (χ0n) is 18.3. The first-order valence-corrected chi connectivity index (χ1v) is 10.8. The highest BCUT2D eigenvalue weighted by Gasteiger charge is 2.32. The lowest BCUT2D eigenvalue weighted by Crippen LogP contribution is -2.58. The van der Waals surface area contributed by atoms with Crippen LogP contribution in [0.3, 0.4) is 0 Å². The van der Waals surface area contributed by atoms with Crippen molar-refractivity contribution in [1.82, 2.24) is 41.2 Å². The number of hydrogen-bond acceptors (Lipinski definition) is 8. The minimum Gasteiger partial charge on any atom is -0.480 e. The molecule has 0 aliphatic carbocycles. The molecular formula is C20H28N8O6. The van der Waals surface area contributed by atoms with Crippen molar-refractivity contribution in [3.63, 3.8) is 0 Å². The number of imidazole rings is 2. The van der Waals surface area contributed by atoms with E-state index in [0.29, 0.717) is 24.4 Å². The van der Waals surface area contributed by atoms with Crippen LogP contribution >= 0.6 is 0 Å². The lowest BCUT2D eigenvalue weighted by molar-refractivity contribution is -0.143. The third-order valence-electron chi connectivity index (χ3n) is 5.40. The Balaban J connectivity index is 1.75. The first-order valence-electron chi connectivity index (χ1n) is 10.8. The van der Waals surface area contributed by atoms with Crippen molar-refractivity contribution in [1.29, 1.82) is 0 Å². The molecule has 0 aromatic carbocycles. The molecule has 0 bridgehead atoms. The Morgan fingerprint density at radius 2 is 1.50 bits per heavy atom. The van der Waals surface area contributed by atoms with Gasteiger partial charge in [0.05, 0.1) is 25.3 Å². The molecule has 184 valence electrons. The van der Waals surface area contributed by atoms with Crippen LogP contribution in [-0.4, -0.2) is 91.2 Å². The van der Waals surface area contributed by atoms with Gasteiger partial charge in [-0.05, 0) is 19.4 Å². The second-order valence-electron chi connectivity index (χ2n) is 7.92. The van der Waals surface area contributed by atoms with E-state index in [1.54, 1.807) is 0 Å². The van der Waals surface area contributed by atoms with Gasteiger partial charge in [0.2, 0.25) is 17.7 Å². The standard InChI is InChI=1S/C20H28N8O6/c29-8-16(20(33)34)28-19(32)15(5-12-7-22-10-25-12)27-18(31)14(4-11-6-21-9-24-11)26-17(30)13-2-1-3-23-13/h6-7,9-10,13-16,23,29H,1-5,8H2,(H,21,24)(H,22,25)(H,26,30)(H,27,31)(H,28,32)(H,33,34). The second kappa shape index (κ2) is 11.9. The third kappa shape index (κ3) is 6.86. The predicted octanol–water partition coefficient (Wildman–Crippen LogP) is -2.80. The highest BCUT2D eigenvalue weighted by atomic mass is 16.4. The number of rotatable bonds is 12. The maximum Gasteiger partial charge on any atom is 0.328 e. The Kier molecular flexibility index (Phi) is 8.70. The summed E-state index contributed by atoms with van der Waals surface area (Å²) in [5.74, 6) is -3.21. The Morgan fingerprint density at radius 1 is 0.941 bits per heavy atom. The monoisotopic (exact) mass is 476 g/mol. The molecule has 1 aliphatic rings. The van der Waals surface area contributed by atoms with Crippen molar-refractivity contribution in [2.24, 2.45) is 0 Å². The topological polar surface area (TPSA) is 214 Å². The number of aliphatic carboxylic acids is 1. The maximum absolute atomic E-state index is 13.2. The summed E-state index contributed by atoms with van der Waals surface area (Å²) >= 11 is 0. The van der Waals surface area contributed by atoms with Gasteiger partial charge in [-0.25, -0.2) is 14.8 Å². The summed E-state index contributed by atoms with van der Waals surface area (Å²) in [4.78, 5) is 63.4. The fraction of sp³-hybridized carbons (Fsp3) is 0.500. The number of nitrogens with one attached hydrogen (secondary N) is 6. The number of H-pyrrole nitrogens is 2. The molecule has 2 aromatic rings. The molecule has 0 saturated carbocycles. The van der Waals surface area contributed by atoms with E-state index >= 15 is 0 Å². The van der Waals surface area contributed by atoms with Crippen LogP contribution in [0.4, 0.5) is 0 Å². The summed E-state index contributed by atoms with van der Waals surface area (Å²) in [5, 5.41) is 29.0. The summed E-state index contributed by atoms with van der Waals surface area (Å²) in [6.07, 6.45) is 7.39. The number of nitrogens with zero attached hydrogens (tertiary/aromatic N) is 2. The molecule has 0 spiro atoms. The van der Waals surface area contributed by atoms with Gasteiger partial charge in [-0.2, -0.15) is 0 Å². The van der Waals surface area contributed by atoms with Crippen LogP contribution in [-0.2, 0) is 32.0 Å². The average Bonchev–Trinajstić information content (AvgIpc) is 3.59. The van der Waals surface area contributed by atoms with Crippen LogP contribution in [0.15, 0.2) is 25.0 Å². The number of aliphatic hydroxyl groups is 1. The van der Waals surface area contributed by atoms with Crippen LogP contribution in [0.2, 0.25) is 0 Å². The van der Waals surface area contributed by atoms with Gasteiger partial charge < -0.3 is 41.4 Å². The average molecular weight is 476 g/mol. The van der Waals surface area contributed by atoms with E-state index in [9.17, 15) is 24.3 Å². The van der Waals surface area contributed by atoms with Gasteiger partial charge >= 0.3 is 5.97 Å². The number of aromatic amines is 2. The van der Waals surface area contributed by atoms with Gasteiger partial charge in [0.25, 0.3) is 0 Å². The molecule has 14 nitrogen and oxygen atoms in total. The van der Waals surface area contributed by atoms with E-state index in [1.807, 2.05) is 0 Å². The molecule has 3 amide bonds. The predicted molar refractivity (Wildman–Crippen MR) is 116 cm³/mol. The minimum absolute atomic E-state index is 0.0236. The molecule has 2 aromatic heterocycles. The lowest BCUT2D eigenvalue weighted by Gasteiger charge is -2.24. The van der Waals surface area contributed by atoms with Crippen molar-refractivity contribution in [2.45, 2.75) is 49.9 Å². The molecule has 1 aliphatic heterocycles. The fourth-order valence-corrected chi connectivity index (χ4v) is 3.56. The SMILES string of the molecule is O=C(O)C(CO)NC(=O)C(Cc1cnc[nH]1)NC(=O)C(Cc1cnc[nH]1)NC(=O)C1CCCN1. The molecule has 34 heavy (non-hydrogen) atoms. The van der Waals surface area contributed by atoms with Crippen LogP contribution < -0.4 is 21.3 Å². The smallest absolute Gasteiger partial charge is 0.328 e. The van der Waals surface area contributed by atoms with Gasteiger partial charge in [0.15, 0.2) is 0 Å². The Bertz CT molecular complexity index is 958. The molecule has 14 heteroatoms. The summed E-state index contributed by atoms with van der Waals surface area (Å²) < 4.78 is 0. The van der Waals surface area contributed by atoms with E-state index < -0.39 is 48.6 Å². The van der Waals surface area contributed by atoms with Gasteiger partial charge in [0.1, 0.15) is 18.1 Å². The van der Waals surface area contributed by atoms with E-state index in [-0.39, 0.29) is 18.7 Å². The van der Waals surface area contributed by atoms with E-state index in [1.165, 1.54) is 25.0 Å². The van der Waals surface area contributed by atoms with Crippen molar-refractivity contribution in [3.8, 4) is 0 Å². The Morgan fingerprint density at radius 3 is 1.94 bits per heavy atom. The van der Waals surface area contributed by atoms with Crippen LogP contribution in [0.1, 0.15) is 24.2 Å². The quantitative estimate of drug-likeness (QED) is 0.159. The first kappa shape index (κ1) is 24.9. The molecule has 1 saturated heterocycles.